The van der Waals surface area contributed by atoms with Crippen molar-refractivity contribution >= 4 is 27.7 Å². The summed E-state index contributed by atoms with van der Waals surface area (Å²) in [5.74, 6) is -0.390. The fourth-order valence-electron chi connectivity index (χ4n) is 1.85. The van der Waals surface area contributed by atoms with Crippen molar-refractivity contribution in [1.29, 1.82) is 5.26 Å². The third-order valence-electron chi connectivity index (χ3n) is 3.12. The van der Waals surface area contributed by atoms with Crippen LogP contribution in [0.3, 0.4) is 0 Å². The van der Waals surface area contributed by atoms with Gasteiger partial charge in [0.25, 0.3) is 0 Å². The third-order valence-corrected chi connectivity index (χ3v) is 4.93. The van der Waals surface area contributed by atoms with Crippen LogP contribution >= 0.6 is 27.7 Å². The second-order valence-corrected chi connectivity index (χ2v) is 7.64. The lowest BCUT2D eigenvalue weighted by atomic mass is 9.87. The molecule has 0 N–H and O–H groups in total. The summed E-state index contributed by atoms with van der Waals surface area (Å²) in [6.07, 6.45) is 0. The summed E-state index contributed by atoms with van der Waals surface area (Å²) >= 11 is 4.48. The van der Waals surface area contributed by atoms with E-state index in [9.17, 15) is 4.39 Å². The minimum Gasteiger partial charge on any atom is -0.204 e. The number of nitrogens with zero attached hydrogens (tertiary/aromatic N) is 1. The minimum atomic E-state index is -0.390. The standard InChI is InChI=1S/C17H15BrFNS/c1-17(2,3)12-5-7-13(8-6-12)21-14-9-4-11(10-20)15(18)16(14)19/h4-9H,1-3H3. The molecule has 0 aliphatic rings. The van der Waals surface area contributed by atoms with E-state index in [4.69, 9.17) is 5.26 Å². The molecule has 0 aliphatic heterocycles. The second kappa shape index (κ2) is 6.21. The SMILES string of the molecule is CC(C)(C)c1ccc(Sc2ccc(C#N)c(Br)c2F)cc1. The van der Waals surface area contributed by atoms with Gasteiger partial charge in [0.05, 0.1) is 10.0 Å². The Hall–Kier alpha value is -1.31. The number of benzene rings is 2. The fourth-order valence-corrected chi connectivity index (χ4v) is 3.27. The van der Waals surface area contributed by atoms with Crippen molar-refractivity contribution in [1.82, 2.24) is 0 Å². The molecule has 0 unspecified atom stereocenters. The van der Waals surface area contributed by atoms with Gasteiger partial charge in [0.15, 0.2) is 5.82 Å². The fraction of sp³-hybridized carbons (Fsp3) is 0.235. The normalized spacial score (nSPS) is 11.2. The molecular weight excluding hydrogens is 349 g/mol. The number of hydrogen-bond donors (Lipinski definition) is 0. The van der Waals surface area contributed by atoms with Crippen LogP contribution in [-0.2, 0) is 5.41 Å². The highest BCUT2D eigenvalue weighted by Crippen LogP contribution is 2.35. The van der Waals surface area contributed by atoms with Crippen molar-refractivity contribution < 1.29 is 4.39 Å². The van der Waals surface area contributed by atoms with Gasteiger partial charge in [-0.1, -0.05) is 44.7 Å². The van der Waals surface area contributed by atoms with E-state index in [1.165, 1.54) is 17.3 Å². The molecule has 0 heterocycles. The number of rotatable bonds is 2. The van der Waals surface area contributed by atoms with E-state index in [2.05, 4.69) is 48.8 Å². The molecule has 21 heavy (non-hydrogen) atoms. The molecule has 4 heteroatoms. The van der Waals surface area contributed by atoms with Crippen LogP contribution in [0.1, 0.15) is 31.9 Å². The van der Waals surface area contributed by atoms with Crippen molar-refractivity contribution in [2.45, 2.75) is 36.0 Å². The summed E-state index contributed by atoms with van der Waals surface area (Å²) in [7, 11) is 0. The van der Waals surface area contributed by atoms with Crippen LogP contribution in [-0.4, -0.2) is 0 Å². The van der Waals surface area contributed by atoms with Crippen LogP contribution in [0.2, 0.25) is 0 Å². The molecule has 0 aromatic heterocycles. The van der Waals surface area contributed by atoms with Crippen LogP contribution in [0.4, 0.5) is 4.39 Å². The van der Waals surface area contributed by atoms with Crippen molar-refractivity contribution in [3.8, 4) is 6.07 Å². The molecule has 2 rings (SSSR count). The van der Waals surface area contributed by atoms with Crippen LogP contribution in [0, 0.1) is 17.1 Å². The molecule has 0 bridgehead atoms. The summed E-state index contributed by atoms with van der Waals surface area (Å²) in [6, 6.07) is 13.3. The van der Waals surface area contributed by atoms with Gasteiger partial charge in [0.1, 0.15) is 6.07 Å². The average Bonchev–Trinajstić information content (AvgIpc) is 2.44. The molecule has 0 fully saturated rings. The van der Waals surface area contributed by atoms with Crippen LogP contribution in [0.15, 0.2) is 50.7 Å². The van der Waals surface area contributed by atoms with Crippen molar-refractivity contribution in [3.05, 3.63) is 57.8 Å². The molecular formula is C17H15BrFNS. The number of hydrogen-bond acceptors (Lipinski definition) is 2. The molecule has 0 radical (unpaired) electrons. The quantitative estimate of drug-likeness (QED) is 0.662. The van der Waals surface area contributed by atoms with E-state index in [1.54, 1.807) is 12.1 Å². The summed E-state index contributed by atoms with van der Waals surface area (Å²) in [5.41, 5.74) is 1.65. The molecule has 108 valence electrons. The zero-order valence-corrected chi connectivity index (χ0v) is 14.5. The maximum absolute atomic E-state index is 14.2. The van der Waals surface area contributed by atoms with Gasteiger partial charge in [-0.2, -0.15) is 5.26 Å². The Kier molecular flexibility index (Phi) is 4.75. The Morgan fingerprint density at radius 3 is 2.24 bits per heavy atom. The van der Waals surface area contributed by atoms with E-state index in [0.717, 1.165) is 4.90 Å². The first-order chi connectivity index (χ1) is 9.82. The highest BCUT2D eigenvalue weighted by Gasteiger charge is 2.15. The van der Waals surface area contributed by atoms with Gasteiger partial charge in [-0.05, 0) is 51.2 Å². The molecule has 0 atom stereocenters. The molecule has 0 spiro atoms. The summed E-state index contributed by atoms with van der Waals surface area (Å²) in [6.45, 7) is 6.48. The van der Waals surface area contributed by atoms with Gasteiger partial charge in [0.2, 0.25) is 0 Å². The molecule has 0 saturated carbocycles. The molecule has 2 aromatic carbocycles. The minimum absolute atomic E-state index is 0.103. The van der Waals surface area contributed by atoms with Crippen LogP contribution in [0.25, 0.3) is 0 Å². The van der Waals surface area contributed by atoms with Crippen LogP contribution in [0.5, 0.6) is 0 Å². The first kappa shape index (κ1) is 16.1. The molecule has 1 nitrogen and oxygen atoms in total. The zero-order valence-electron chi connectivity index (χ0n) is 12.1. The summed E-state index contributed by atoms with van der Waals surface area (Å²) < 4.78 is 14.4. The molecule has 0 amide bonds. The van der Waals surface area contributed by atoms with Crippen molar-refractivity contribution in [2.75, 3.05) is 0 Å². The lowest BCUT2D eigenvalue weighted by molar-refractivity contribution is 0.589. The Bertz CT molecular complexity index is 696. The van der Waals surface area contributed by atoms with Gasteiger partial charge in [-0.15, -0.1) is 0 Å². The van der Waals surface area contributed by atoms with Crippen molar-refractivity contribution in [2.24, 2.45) is 0 Å². The predicted molar refractivity (Wildman–Crippen MR) is 88.1 cm³/mol. The monoisotopic (exact) mass is 363 g/mol. The summed E-state index contributed by atoms with van der Waals surface area (Å²) in [5, 5.41) is 8.88. The number of nitriles is 1. The Balaban J connectivity index is 2.27. The first-order valence-electron chi connectivity index (χ1n) is 6.49. The van der Waals surface area contributed by atoms with Gasteiger partial charge >= 0.3 is 0 Å². The lowest BCUT2D eigenvalue weighted by Gasteiger charge is -2.19. The zero-order chi connectivity index (χ0) is 15.6. The highest BCUT2D eigenvalue weighted by molar-refractivity contribution is 9.10. The predicted octanol–water partition coefficient (Wildman–Crippen LogP) is 5.91. The highest BCUT2D eigenvalue weighted by atomic mass is 79.9. The topological polar surface area (TPSA) is 23.8 Å². The van der Waals surface area contributed by atoms with E-state index in [1.807, 2.05) is 18.2 Å². The van der Waals surface area contributed by atoms with Gasteiger partial charge < -0.3 is 0 Å². The third kappa shape index (κ3) is 3.66. The van der Waals surface area contributed by atoms with Gasteiger partial charge in [0, 0.05) is 9.79 Å². The second-order valence-electron chi connectivity index (χ2n) is 5.73. The Morgan fingerprint density at radius 2 is 1.71 bits per heavy atom. The largest absolute Gasteiger partial charge is 0.204 e. The average molecular weight is 364 g/mol. The smallest absolute Gasteiger partial charge is 0.152 e. The Morgan fingerprint density at radius 1 is 1.10 bits per heavy atom. The van der Waals surface area contributed by atoms with Crippen LogP contribution < -0.4 is 0 Å². The first-order valence-corrected chi connectivity index (χ1v) is 8.10. The maximum Gasteiger partial charge on any atom is 0.152 e. The Labute approximate surface area is 137 Å². The van der Waals surface area contributed by atoms with Gasteiger partial charge in [-0.25, -0.2) is 4.39 Å². The van der Waals surface area contributed by atoms with E-state index in [-0.39, 0.29) is 15.7 Å². The lowest BCUT2D eigenvalue weighted by Crippen LogP contribution is -2.10. The van der Waals surface area contributed by atoms with E-state index in [0.29, 0.717) is 10.5 Å². The molecule has 2 aromatic rings. The summed E-state index contributed by atoms with van der Waals surface area (Å²) in [4.78, 5) is 1.47. The molecule has 0 saturated heterocycles. The molecule has 0 aliphatic carbocycles. The van der Waals surface area contributed by atoms with Crippen molar-refractivity contribution in [3.63, 3.8) is 0 Å². The van der Waals surface area contributed by atoms with E-state index >= 15 is 0 Å². The maximum atomic E-state index is 14.2. The number of halogens is 2. The van der Waals surface area contributed by atoms with Gasteiger partial charge in [-0.3, -0.25) is 0 Å². The van der Waals surface area contributed by atoms with E-state index < -0.39 is 0 Å².